The predicted octanol–water partition coefficient (Wildman–Crippen LogP) is 1.50. The van der Waals surface area contributed by atoms with Gasteiger partial charge in [0.05, 0.1) is 9.85 Å². The molecule has 2 aliphatic heterocycles. The highest BCUT2D eigenvalue weighted by atomic mass is 16.5. The number of likely N-dealkylation sites (N-methyl/N-ethyl adjacent to an activating group) is 1. The average molecular weight is 307 g/mol. The Morgan fingerprint density at radius 3 is 3.36 bits per heavy atom. The molecule has 5 rings (SSSR count). The molecule has 1 aromatic carbocycles. The smallest absolute Gasteiger partial charge is 0.211 e. The van der Waals surface area contributed by atoms with Gasteiger partial charge in [-0.3, -0.25) is 0 Å². The van der Waals surface area contributed by atoms with Gasteiger partial charge in [-0.25, -0.2) is 0 Å². The summed E-state index contributed by atoms with van der Waals surface area (Å²) in [6, 6.07) is -2.29. The van der Waals surface area contributed by atoms with E-state index in [9.17, 15) is 2.74 Å². The molecule has 2 bridgehead atoms. The molecule has 4 nitrogen and oxygen atoms in total. The molecule has 22 heavy (non-hydrogen) atoms. The maximum absolute atomic E-state index is 9.49. The molecule has 0 radical (unpaired) electrons. The second-order valence-electron chi connectivity index (χ2n) is 6.24. The van der Waals surface area contributed by atoms with Crippen molar-refractivity contribution in [3.8, 4) is 11.5 Å². The molecular formula is C18H21NO3. The second kappa shape index (κ2) is 4.06. The van der Waals surface area contributed by atoms with Gasteiger partial charge in [-0.15, -0.1) is 0 Å². The number of hydrogen-bond acceptors (Lipinski definition) is 4. The Kier molecular flexibility index (Phi) is 1.36. The van der Waals surface area contributed by atoms with Crippen LogP contribution < -0.4 is 9.47 Å². The Bertz CT molecular complexity index is 983. The number of aliphatic hydroxyl groups excluding tert-OH is 1. The van der Waals surface area contributed by atoms with Crippen LogP contribution in [0.15, 0.2) is 24.2 Å². The van der Waals surface area contributed by atoms with Gasteiger partial charge in [0, 0.05) is 29.7 Å². The number of methoxy groups -OCH3 is 1. The molecule has 1 aromatic rings. The van der Waals surface area contributed by atoms with Crippen molar-refractivity contribution in [1.82, 2.24) is 4.90 Å². The Morgan fingerprint density at radius 1 is 1.59 bits per heavy atom. The molecule has 1 spiro atoms. The third kappa shape index (κ3) is 1.28. The van der Waals surface area contributed by atoms with Crippen LogP contribution in [0.1, 0.15) is 27.1 Å². The molecule has 2 aliphatic carbocycles. The minimum atomic E-state index is -2.61. The molecule has 0 aromatic heterocycles. The Morgan fingerprint density at radius 2 is 2.55 bits per heavy atom. The molecule has 0 amide bonds. The van der Waals surface area contributed by atoms with Gasteiger partial charge in [0.2, 0.25) is 1.43 Å². The molecule has 116 valence electrons. The number of likely N-dealkylation sites (tertiary alicyclic amines) is 1. The monoisotopic (exact) mass is 307 g/mol. The van der Waals surface area contributed by atoms with Gasteiger partial charge in [0.15, 0.2) is 11.5 Å². The van der Waals surface area contributed by atoms with Crippen LogP contribution in [0.3, 0.4) is 0 Å². The summed E-state index contributed by atoms with van der Waals surface area (Å²) in [4.78, 5) is 1.05. The third-order valence-corrected chi connectivity index (χ3v) is 5.39. The van der Waals surface area contributed by atoms with Gasteiger partial charge in [0.25, 0.3) is 0 Å². The van der Waals surface area contributed by atoms with Gasteiger partial charge in [-0.2, -0.15) is 0 Å². The summed E-state index contributed by atoms with van der Waals surface area (Å²) >= 11 is 0. The number of rotatable bonds is 2. The Balaban J connectivity index is 1.90. The van der Waals surface area contributed by atoms with Crippen molar-refractivity contribution in [2.45, 2.75) is 36.5 Å². The summed E-state index contributed by atoms with van der Waals surface area (Å²) in [7, 11) is 1.37. The van der Waals surface area contributed by atoms with Crippen molar-refractivity contribution < 1.29 is 24.2 Å². The fourth-order valence-electron chi connectivity index (χ4n) is 4.49. The van der Waals surface area contributed by atoms with Crippen molar-refractivity contribution in [3.05, 3.63) is 35.4 Å². The standard InChI is InChI=1S/C18H21NO3/c1-19-8-7-18-11-4-5-13(20)17(18)22-16-14(21-2)6-3-10(15(16)18)9-12(11)19/h3-6,11-13,17,20H,7-9H2,1-2H3/t11-,12+,13?,17?,18-/m0/s1/i1D3,3D,6D,11D,12D,20D. The largest absolute Gasteiger partial charge is 0.493 e. The van der Waals surface area contributed by atoms with Gasteiger partial charge in [-0.05, 0) is 38.0 Å². The summed E-state index contributed by atoms with van der Waals surface area (Å²) in [5.41, 5.74) is -0.333. The molecule has 1 saturated heterocycles. The van der Waals surface area contributed by atoms with E-state index in [0.29, 0.717) is 11.1 Å². The van der Waals surface area contributed by atoms with E-state index in [1.54, 1.807) is 0 Å². The van der Waals surface area contributed by atoms with E-state index in [1.807, 2.05) is 0 Å². The number of nitrogens with zero attached hydrogens (tertiary/aromatic N) is 1. The normalized spacial score (nSPS) is 53.5. The molecular weight excluding hydrogens is 278 g/mol. The van der Waals surface area contributed by atoms with Gasteiger partial charge >= 0.3 is 0 Å². The summed E-state index contributed by atoms with van der Waals surface area (Å²) in [5.74, 6) is -1.42. The van der Waals surface area contributed by atoms with Crippen molar-refractivity contribution in [3.63, 3.8) is 0 Å². The lowest BCUT2D eigenvalue weighted by molar-refractivity contribution is -0.0453. The molecule has 4 heteroatoms. The zero-order valence-electron chi connectivity index (χ0n) is 20.1. The van der Waals surface area contributed by atoms with Crippen molar-refractivity contribution in [1.29, 1.82) is 1.43 Å². The number of benzene rings is 1. The molecule has 0 saturated carbocycles. The summed E-state index contributed by atoms with van der Waals surface area (Å²) < 4.78 is 78.8. The van der Waals surface area contributed by atoms with Crippen LogP contribution in [0.4, 0.5) is 0 Å². The van der Waals surface area contributed by atoms with Crippen molar-refractivity contribution >= 4 is 0 Å². The van der Waals surface area contributed by atoms with E-state index >= 15 is 0 Å². The molecule has 5 atom stereocenters. The maximum Gasteiger partial charge on any atom is 0.211 e. The topological polar surface area (TPSA) is 41.9 Å². The van der Waals surface area contributed by atoms with Crippen LogP contribution in [0.2, 0.25) is 0 Å². The fraction of sp³-hybridized carbons (Fsp3) is 0.556. The maximum atomic E-state index is 9.49. The van der Waals surface area contributed by atoms with E-state index in [1.165, 1.54) is 19.3 Å². The van der Waals surface area contributed by atoms with E-state index in [2.05, 4.69) is 0 Å². The van der Waals surface area contributed by atoms with Crippen molar-refractivity contribution in [2.24, 2.45) is 5.89 Å². The minimum Gasteiger partial charge on any atom is -0.493 e. The summed E-state index contributed by atoms with van der Waals surface area (Å²) in [6.45, 7) is -2.59. The average Bonchev–Trinajstić information content (AvgIpc) is 2.99. The number of aliphatic hydroxyl groups is 1. The Hall–Kier alpha value is -1.52. The zero-order chi connectivity index (χ0) is 21.9. The number of piperidine rings is 1. The second-order valence-corrected chi connectivity index (χ2v) is 6.24. The molecule has 4 aliphatic rings. The lowest BCUT2D eigenvalue weighted by Gasteiger charge is -2.56. The van der Waals surface area contributed by atoms with Crippen LogP contribution in [-0.2, 0) is 11.8 Å². The first-order valence-corrected chi connectivity index (χ1v) is 7.44. The third-order valence-electron chi connectivity index (χ3n) is 5.39. The van der Waals surface area contributed by atoms with E-state index in [-0.39, 0.29) is 43.0 Å². The van der Waals surface area contributed by atoms with E-state index in [4.69, 9.17) is 22.9 Å². The first-order valence-electron chi connectivity index (χ1n) is 11.3. The quantitative estimate of drug-likeness (QED) is 0.841. The molecule has 1 fully saturated rings. The van der Waals surface area contributed by atoms with Crippen LogP contribution in [0.5, 0.6) is 11.5 Å². The lowest BCUT2D eigenvalue weighted by Crippen LogP contribution is -2.64. The summed E-state index contributed by atoms with van der Waals surface area (Å²) in [6.07, 6.45) is 1.20. The van der Waals surface area contributed by atoms with Crippen LogP contribution in [0.25, 0.3) is 0 Å². The molecule has 2 heterocycles. The highest BCUT2D eigenvalue weighted by Crippen LogP contribution is 2.62. The first-order chi connectivity index (χ1) is 14.0. The van der Waals surface area contributed by atoms with Crippen LogP contribution in [0, 0.1) is 5.89 Å². The highest BCUT2D eigenvalue weighted by molar-refractivity contribution is 5.62. The van der Waals surface area contributed by atoms with E-state index in [0.717, 1.165) is 4.90 Å². The van der Waals surface area contributed by atoms with Gasteiger partial charge in [0.1, 0.15) is 12.2 Å². The van der Waals surface area contributed by atoms with Gasteiger partial charge < -0.3 is 19.5 Å². The molecule has 2 unspecified atom stereocenters. The SMILES string of the molecule is [2H]OC1C=C[C@]2([2H])[C@@]34CCN(C([2H])([2H])[2H])[C@]2([2H])Cc2c([2H])c([2H])c(OC)c(c23)OC14. The van der Waals surface area contributed by atoms with Crippen LogP contribution >= 0.6 is 0 Å². The van der Waals surface area contributed by atoms with Gasteiger partial charge in [-0.1, -0.05) is 18.2 Å². The number of hydrogen-bond donors (Lipinski definition) is 1. The number of ether oxygens (including phenoxy) is 2. The zero-order valence-corrected chi connectivity index (χ0v) is 12.1. The van der Waals surface area contributed by atoms with E-state index < -0.39 is 36.5 Å². The fourth-order valence-corrected chi connectivity index (χ4v) is 4.49. The Labute approximate surface area is 141 Å². The predicted molar refractivity (Wildman–Crippen MR) is 82.5 cm³/mol. The van der Waals surface area contributed by atoms with Crippen LogP contribution in [-0.4, -0.2) is 50.3 Å². The first kappa shape index (κ1) is 7.37. The van der Waals surface area contributed by atoms with Crippen molar-refractivity contribution in [2.75, 3.05) is 20.6 Å². The molecule has 1 N–H and O–H groups in total. The lowest BCUT2D eigenvalue weighted by atomic mass is 9.53. The minimum absolute atomic E-state index is 0.0240. The summed E-state index contributed by atoms with van der Waals surface area (Å²) in [5, 5.41) is 4.88. The highest BCUT2D eigenvalue weighted by Gasteiger charge is 2.64.